The predicted octanol–water partition coefficient (Wildman–Crippen LogP) is 2.21. The number of hydrogen-bond acceptors (Lipinski definition) is 5. The fourth-order valence-electron chi connectivity index (χ4n) is 2.13. The minimum atomic E-state index is -0.887. The Morgan fingerprint density at radius 2 is 1.72 bits per heavy atom. The molecule has 1 unspecified atom stereocenters. The van der Waals surface area contributed by atoms with Crippen LogP contribution >= 0.6 is 0 Å². The van der Waals surface area contributed by atoms with Gasteiger partial charge in [-0.1, -0.05) is 44.2 Å². The van der Waals surface area contributed by atoms with Crippen molar-refractivity contribution >= 4 is 18.0 Å². The van der Waals surface area contributed by atoms with Crippen molar-refractivity contribution in [1.82, 2.24) is 10.6 Å². The van der Waals surface area contributed by atoms with E-state index in [-0.39, 0.29) is 25.8 Å². The lowest BCUT2D eigenvalue weighted by Crippen LogP contribution is -2.43. The summed E-state index contributed by atoms with van der Waals surface area (Å²) in [5.41, 5.74) is 0.862. The number of rotatable bonds is 9. The summed E-state index contributed by atoms with van der Waals surface area (Å²) >= 11 is 0. The van der Waals surface area contributed by atoms with Crippen LogP contribution in [0.1, 0.15) is 32.8 Å². The quantitative estimate of drug-likeness (QED) is 0.405. The zero-order valence-corrected chi connectivity index (χ0v) is 14.9. The van der Waals surface area contributed by atoms with Gasteiger partial charge in [-0.25, -0.2) is 4.79 Å². The maximum Gasteiger partial charge on any atom is 0.408 e. The van der Waals surface area contributed by atoms with Crippen molar-refractivity contribution in [3.05, 3.63) is 35.9 Å². The van der Waals surface area contributed by atoms with Crippen LogP contribution in [0.4, 0.5) is 4.79 Å². The third kappa shape index (κ3) is 8.19. The molecule has 1 atom stereocenters. The molecule has 1 aromatic carbocycles. The Balaban J connectivity index is 2.37. The van der Waals surface area contributed by atoms with Gasteiger partial charge in [0.25, 0.3) is 0 Å². The van der Waals surface area contributed by atoms with Crippen LogP contribution in [0.15, 0.2) is 30.3 Å². The van der Waals surface area contributed by atoms with Crippen LogP contribution < -0.4 is 10.6 Å². The lowest BCUT2D eigenvalue weighted by atomic mass is 9.96. The van der Waals surface area contributed by atoms with E-state index in [9.17, 15) is 14.4 Å². The highest BCUT2D eigenvalue weighted by Crippen LogP contribution is 2.13. The molecule has 0 aliphatic heterocycles. The number of benzene rings is 1. The first-order valence-electron chi connectivity index (χ1n) is 8.32. The molecule has 0 fully saturated rings. The van der Waals surface area contributed by atoms with Crippen molar-refractivity contribution in [2.24, 2.45) is 11.8 Å². The fourth-order valence-corrected chi connectivity index (χ4v) is 2.13. The maximum absolute atomic E-state index is 12.2. The topological polar surface area (TPSA) is 93.7 Å². The molecule has 7 heteroatoms. The van der Waals surface area contributed by atoms with Gasteiger partial charge in [0.15, 0.2) is 0 Å². The minimum Gasteiger partial charge on any atom is -0.465 e. The van der Waals surface area contributed by atoms with Gasteiger partial charge in [-0.3, -0.25) is 9.59 Å². The highest BCUT2D eigenvalue weighted by molar-refractivity contribution is 5.97. The monoisotopic (exact) mass is 350 g/mol. The minimum absolute atomic E-state index is 0.125. The van der Waals surface area contributed by atoms with Gasteiger partial charge in [-0.2, -0.15) is 0 Å². The lowest BCUT2D eigenvalue weighted by Gasteiger charge is -2.17. The predicted molar refractivity (Wildman–Crippen MR) is 92.4 cm³/mol. The third-order valence-electron chi connectivity index (χ3n) is 3.30. The van der Waals surface area contributed by atoms with Gasteiger partial charge in [-0.15, -0.1) is 0 Å². The summed E-state index contributed by atoms with van der Waals surface area (Å²) in [6.07, 6.45) is -0.274. The molecule has 138 valence electrons. The summed E-state index contributed by atoms with van der Waals surface area (Å²) < 4.78 is 9.96. The molecule has 0 bridgehead atoms. The zero-order chi connectivity index (χ0) is 18.7. The van der Waals surface area contributed by atoms with Crippen LogP contribution in [-0.4, -0.2) is 31.2 Å². The Morgan fingerprint density at radius 1 is 1.04 bits per heavy atom. The number of ether oxygens (including phenoxy) is 2. The van der Waals surface area contributed by atoms with Gasteiger partial charge in [0.2, 0.25) is 5.91 Å². The maximum atomic E-state index is 12.2. The Kier molecular flexibility index (Phi) is 9.06. The first-order valence-corrected chi connectivity index (χ1v) is 8.32. The van der Waals surface area contributed by atoms with Crippen LogP contribution in [0.5, 0.6) is 0 Å². The summed E-state index contributed by atoms with van der Waals surface area (Å²) in [5.74, 6) is -1.76. The largest absolute Gasteiger partial charge is 0.465 e. The van der Waals surface area contributed by atoms with Gasteiger partial charge in [-0.05, 0) is 24.8 Å². The van der Waals surface area contributed by atoms with E-state index in [1.807, 2.05) is 44.2 Å². The molecule has 0 aliphatic carbocycles. The molecule has 0 aliphatic rings. The van der Waals surface area contributed by atoms with E-state index in [2.05, 4.69) is 10.6 Å². The van der Waals surface area contributed by atoms with E-state index < -0.39 is 23.9 Å². The lowest BCUT2D eigenvalue weighted by molar-refractivity contribution is -0.152. The summed E-state index contributed by atoms with van der Waals surface area (Å²) in [4.78, 5) is 35.6. The normalized spacial score (nSPS) is 11.5. The van der Waals surface area contributed by atoms with Crippen LogP contribution in [0, 0.1) is 11.8 Å². The van der Waals surface area contributed by atoms with Crippen LogP contribution in [-0.2, 0) is 25.7 Å². The molecule has 0 spiro atoms. The van der Waals surface area contributed by atoms with Crippen molar-refractivity contribution < 1.29 is 23.9 Å². The van der Waals surface area contributed by atoms with Crippen LogP contribution in [0.2, 0.25) is 0 Å². The van der Waals surface area contributed by atoms with E-state index in [0.29, 0.717) is 6.42 Å². The second kappa shape index (κ2) is 11.1. The number of hydrogen-bond donors (Lipinski definition) is 2. The van der Waals surface area contributed by atoms with E-state index >= 15 is 0 Å². The zero-order valence-electron chi connectivity index (χ0n) is 14.9. The molecule has 0 radical (unpaired) electrons. The molecule has 7 nitrogen and oxygen atoms in total. The van der Waals surface area contributed by atoms with E-state index in [4.69, 9.17) is 9.47 Å². The number of esters is 1. The molecular formula is C18H26N2O5. The summed E-state index contributed by atoms with van der Waals surface area (Å²) in [7, 11) is 0. The Morgan fingerprint density at radius 3 is 2.32 bits per heavy atom. The molecule has 1 aromatic rings. The summed E-state index contributed by atoms with van der Waals surface area (Å²) in [5, 5.41) is 4.92. The molecule has 25 heavy (non-hydrogen) atoms. The van der Waals surface area contributed by atoms with Crippen LogP contribution in [0.3, 0.4) is 0 Å². The number of carbonyl (C=O) groups is 3. The van der Waals surface area contributed by atoms with Gasteiger partial charge in [0, 0.05) is 0 Å². The number of carbonyl (C=O) groups excluding carboxylic acids is 3. The fraction of sp³-hybridized carbons (Fsp3) is 0.500. The molecule has 2 amide bonds. The highest BCUT2D eigenvalue weighted by Gasteiger charge is 2.28. The van der Waals surface area contributed by atoms with Gasteiger partial charge >= 0.3 is 12.1 Å². The SMILES string of the molecule is CCOC(=O)C(CC(C)C)C(=O)NCNC(=O)OCc1ccccc1. The van der Waals surface area contributed by atoms with Crippen LogP contribution in [0.25, 0.3) is 0 Å². The van der Waals surface area contributed by atoms with Crippen molar-refractivity contribution in [1.29, 1.82) is 0 Å². The van der Waals surface area contributed by atoms with Crippen molar-refractivity contribution in [2.45, 2.75) is 33.8 Å². The van der Waals surface area contributed by atoms with E-state index in [1.165, 1.54) is 0 Å². The molecule has 0 heterocycles. The Bertz CT molecular complexity index is 560. The average Bonchev–Trinajstić information content (AvgIpc) is 2.58. The number of amides is 2. The molecule has 0 saturated carbocycles. The van der Waals surface area contributed by atoms with E-state index in [1.54, 1.807) is 6.92 Å². The third-order valence-corrected chi connectivity index (χ3v) is 3.30. The Labute approximate surface area is 148 Å². The number of alkyl carbamates (subject to hydrolysis) is 1. The second-order valence-corrected chi connectivity index (χ2v) is 5.89. The highest BCUT2D eigenvalue weighted by atomic mass is 16.5. The van der Waals surface area contributed by atoms with Gasteiger partial charge in [0.1, 0.15) is 12.5 Å². The number of nitrogens with one attached hydrogen (secondary N) is 2. The smallest absolute Gasteiger partial charge is 0.408 e. The first-order chi connectivity index (χ1) is 11.9. The van der Waals surface area contributed by atoms with Gasteiger partial charge in [0.05, 0.1) is 13.3 Å². The van der Waals surface area contributed by atoms with Crippen molar-refractivity contribution in [2.75, 3.05) is 13.3 Å². The standard InChI is InChI=1S/C18H26N2O5/c1-4-24-17(22)15(10-13(2)3)16(21)19-12-20-18(23)25-11-14-8-6-5-7-9-14/h5-9,13,15H,4,10-12H2,1-3H3,(H,19,21)(H,20,23). The second-order valence-electron chi connectivity index (χ2n) is 5.89. The molecule has 0 saturated heterocycles. The molecule has 1 rings (SSSR count). The first kappa shape index (κ1) is 20.5. The summed E-state index contributed by atoms with van der Waals surface area (Å²) in [6.45, 7) is 5.74. The van der Waals surface area contributed by atoms with Crippen molar-refractivity contribution in [3.63, 3.8) is 0 Å². The average molecular weight is 350 g/mol. The Hall–Kier alpha value is -2.57. The molecular weight excluding hydrogens is 324 g/mol. The molecule has 0 aromatic heterocycles. The van der Waals surface area contributed by atoms with E-state index in [0.717, 1.165) is 5.56 Å². The summed E-state index contributed by atoms with van der Waals surface area (Å²) in [6, 6.07) is 9.24. The molecule has 2 N–H and O–H groups in total. The van der Waals surface area contributed by atoms with Gasteiger partial charge < -0.3 is 20.1 Å². The van der Waals surface area contributed by atoms with Crippen molar-refractivity contribution in [3.8, 4) is 0 Å².